The predicted octanol–water partition coefficient (Wildman–Crippen LogP) is 5.22. The zero-order valence-corrected chi connectivity index (χ0v) is 27.0. The summed E-state index contributed by atoms with van der Waals surface area (Å²) in [6.45, 7) is 3.94. The molecule has 0 spiro atoms. The lowest BCUT2D eigenvalue weighted by molar-refractivity contribution is -0.270. The molecule has 3 unspecified atom stereocenters. The highest BCUT2D eigenvalue weighted by molar-refractivity contribution is 6.30. The van der Waals surface area contributed by atoms with E-state index in [0.29, 0.717) is 35.4 Å². The molecule has 0 bridgehead atoms. The van der Waals surface area contributed by atoms with Crippen molar-refractivity contribution in [1.29, 1.82) is 0 Å². The van der Waals surface area contributed by atoms with Gasteiger partial charge in [0.05, 0.1) is 6.10 Å². The molecular formula is C33H42ClNO11. The third kappa shape index (κ3) is 10.6. The van der Waals surface area contributed by atoms with E-state index in [1.54, 1.807) is 30.3 Å². The number of ether oxygens (including phenoxy) is 5. The lowest BCUT2D eigenvalue weighted by atomic mass is 10.1. The van der Waals surface area contributed by atoms with Gasteiger partial charge in [-0.05, 0) is 61.6 Å². The highest BCUT2D eigenvalue weighted by Crippen LogP contribution is 2.41. The van der Waals surface area contributed by atoms with Crippen LogP contribution in [0, 0.1) is 0 Å². The van der Waals surface area contributed by atoms with Crippen LogP contribution in [0.3, 0.4) is 0 Å². The van der Waals surface area contributed by atoms with Crippen LogP contribution in [0.25, 0.3) is 0 Å². The smallest absolute Gasteiger partial charge is 0.453 e. The van der Waals surface area contributed by atoms with Crippen LogP contribution < -0.4 is 14.8 Å². The number of rotatable bonds is 19. The number of carboxylic acid groups (broad SMARTS) is 1. The molecule has 46 heavy (non-hydrogen) atoms. The third-order valence-corrected chi connectivity index (χ3v) is 7.36. The molecule has 12 nitrogen and oxygen atoms in total. The number of unbranched alkanes of at least 4 members (excludes halogenated alkanes) is 4. The molecule has 13 heteroatoms. The Bertz CT molecular complexity index is 1330. The largest absolute Gasteiger partial charge is 0.475 e. The molecule has 2 aromatic rings. The molecule has 0 saturated carbocycles. The number of nitrogens with one attached hydrogen (secondary N) is 1. The fourth-order valence-corrected chi connectivity index (χ4v) is 4.81. The van der Waals surface area contributed by atoms with E-state index in [1.807, 2.05) is 20.8 Å². The maximum atomic E-state index is 13.2. The summed E-state index contributed by atoms with van der Waals surface area (Å²) in [7, 11) is 0. The van der Waals surface area contributed by atoms with Crippen molar-refractivity contribution in [2.24, 2.45) is 0 Å². The summed E-state index contributed by atoms with van der Waals surface area (Å²) in [5.74, 6) is -8.05. The second-order valence-electron chi connectivity index (χ2n) is 11.1. The van der Waals surface area contributed by atoms with Crippen molar-refractivity contribution in [3.8, 4) is 11.5 Å². The van der Waals surface area contributed by atoms with Gasteiger partial charge >= 0.3 is 36.1 Å². The first kappa shape index (κ1) is 36.6. The fraction of sp³-hybridized carbons (Fsp3) is 0.515. The first-order chi connectivity index (χ1) is 22.0. The van der Waals surface area contributed by atoms with E-state index in [0.717, 1.165) is 25.7 Å². The van der Waals surface area contributed by atoms with Crippen molar-refractivity contribution in [2.75, 3.05) is 6.54 Å². The van der Waals surface area contributed by atoms with E-state index in [2.05, 4.69) is 5.32 Å². The molecule has 3 N–H and O–H groups in total. The Hall–Kier alpha value is -3.87. The highest BCUT2D eigenvalue weighted by Gasteiger charge is 2.60. The first-order valence-electron chi connectivity index (χ1n) is 15.5. The summed E-state index contributed by atoms with van der Waals surface area (Å²) in [6, 6.07) is 11.5. The van der Waals surface area contributed by atoms with Gasteiger partial charge < -0.3 is 39.2 Å². The lowest BCUT2D eigenvalue weighted by Gasteiger charge is -2.24. The fourth-order valence-electron chi connectivity index (χ4n) is 4.61. The Labute approximate surface area is 273 Å². The number of esters is 3. The standard InChI is InChI=1S/C33H42ClNO11/c1-4-6-8-13-28(37)42-32(43-29(38)14-9-7-5-2)44-31(41)33(30(39)40)45-26-16-15-22(18-27(26)46-33)17-21(3)35-20-25(36)23-11-10-12-24(34)19-23/h10-12,15-16,18-19,21,25,32,35-36H,4-9,13-14,17,20H2,1-3H3,(H,39,40). The Morgan fingerprint density at radius 1 is 0.891 bits per heavy atom. The molecule has 1 aliphatic rings. The number of fused-ring (bicyclic) bond motifs is 1. The summed E-state index contributed by atoms with van der Waals surface area (Å²) in [6.07, 6.45) is 3.82. The monoisotopic (exact) mass is 663 g/mol. The topological polar surface area (TPSA) is 167 Å². The number of hydrogen-bond donors (Lipinski definition) is 3. The lowest BCUT2D eigenvalue weighted by Crippen LogP contribution is -2.56. The second kappa shape index (κ2) is 17.7. The Kier molecular flexibility index (Phi) is 14.1. The normalized spacial score (nSPS) is 16.5. The zero-order chi connectivity index (χ0) is 33.7. The summed E-state index contributed by atoms with van der Waals surface area (Å²) in [5, 5.41) is 24.3. The first-order valence-corrected chi connectivity index (χ1v) is 15.9. The van der Waals surface area contributed by atoms with Crippen LogP contribution in [-0.4, -0.2) is 58.9 Å². The number of carbonyl (C=O) groups excluding carboxylic acids is 3. The van der Waals surface area contributed by atoms with E-state index in [9.17, 15) is 29.4 Å². The van der Waals surface area contributed by atoms with E-state index in [-0.39, 0.29) is 36.9 Å². The molecule has 2 aromatic carbocycles. The van der Waals surface area contributed by atoms with Gasteiger partial charge in [-0.3, -0.25) is 9.59 Å². The zero-order valence-electron chi connectivity index (χ0n) is 26.3. The molecule has 0 amide bonds. The third-order valence-electron chi connectivity index (χ3n) is 7.13. The molecule has 0 saturated heterocycles. The number of hydrogen-bond acceptors (Lipinski definition) is 11. The number of aliphatic hydroxyl groups is 1. The van der Waals surface area contributed by atoms with Crippen LogP contribution in [0.15, 0.2) is 42.5 Å². The number of aliphatic carboxylic acids is 1. The highest BCUT2D eigenvalue weighted by atomic mass is 35.5. The molecule has 0 fully saturated rings. The van der Waals surface area contributed by atoms with E-state index in [4.69, 9.17) is 35.3 Å². The quantitative estimate of drug-likeness (QED) is 0.0777. The van der Waals surface area contributed by atoms with Crippen molar-refractivity contribution in [1.82, 2.24) is 5.32 Å². The van der Waals surface area contributed by atoms with Crippen LogP contribution in [0.2, 0.25) is 5.02 Å². The summed E-state index contributed by atoms with van der Waals surface area (Å²) >= 11 is 6.01. The number of carbonyl (C=O) groups is 4. The van der Waals surface area contributed by atoms with Gasteiger partial charge in [0.1, 0.15) is 0 Å². The Morgan fingerprint density at radius 2 is 1.52 bits per heavy atom. The minimum Gasteiger partial charge on any atom is -0.475 e. The SMILES string of the molecule is CCCCCC(=O)OC(OC(=O)CCCCC)OC(=O)C1(C(=O)O)Oc2ccc(CC(C)NCC(O)c3cccc(Cl)c3)cc2O1. The van der Waals surface area contributed by atoms with Crippen LogP contribution in [-0.2, 0) is 39.8 Å². The van der Waals surface area contributed by atoms with Crippen LogP contribution >= 0.6 is 11.6 Å². The molecule has 0 aromatic heterocycles. The second-order valence-corrected chi connectivity index (χ2v) is 11.5. The Morgan fingerprint density at radius 3 is 2.11 bits per heavy atom. The number of benzene rings is 2. The van der Waals surface area contributed by atoms with Crippen molar-refractivity contribution < 1.29 is 53.1 Å². The summed E-state index contributed by atoms with van der Waals surface area (Å²) in [4.78, 5) is 50.3. The van der Waals surface area contributed by atoms with Gasteiger partial charge in [0.15, 0.2) is 11.5 Å². The minimum atomic E-state index is -2.98. The van der Waals surface area contributed by atoms with Gasteiger partial charge in [-0.2, -0.15) is 0 Å². The van der Waals surface area contributed by atoms with Gasteiger partial charge in [-0.25, -0.2) is 9.59 Å². The van der Waals surface area contributed by atoms with Crippen molar-refractivity contribution >= 4 is 35.5 Å². The van der Waals surface area contributed by atoms with Crippen molar-refractivity contribution in [3.63, 3.8) is 0 Å². The summed E-state index contributed by atoms with van der Waals surface area (Å²) < 4.78 is 26.2. The molecule has 0 aliphatic carbocycles. The predicted molar refractivity (Wildman–Crippen MR) is 166 cm³/mol. The maximum Gasteiger partial charge on any atom is 0.453 e. The number of carboxylic acids is 1. The van der Waals surface area contributed by atoms with E-state index in [1.165, 1.54) is 12.1 Å². The molecule has 0 radical (unpaired) electrons. The van der Waals surface area contributed by atoms with Crippen LogP contribution in [0.1, 0.15) is 89.4 Å². The molecule has 252 valence electrons. The van der Waals surface area contributed by atoms with Crippen LogP contribution in [0.5, 0.6) is 11.5 Å². The van der Waals surface area contributed by atoms with Crippen molar-refractivity contribution in [2.45, 2.75) is 103 Å². The van der Waals surface area contributed by atoms with Gasteiger partial charge in [0.25, 0.3) is 0 Å². The van der Waals surface area contributed by atoms with E-state index < -0.39 is 42.2 Å². The molecular weight excluding hydrogens is 622 g/mol. The van der Waals surface area contributed by atoms with E-state index >= 15 is 0 Å². The van der Waals surface area contributed by atoms with Gasteiger partial charge in [0, 0.05) is 30.5 Å². The number of halogens is 1. The molecule has 1 aliphatic heterocycles. The Balaban J connectivity index is 1.67. The minimum absolute atomic E-state index is 0.0204. The summed E-state index contributed by atoms with van der Waals surface area (Å²) in [5.41, 5.74) is 1.39. The molecule has 3 atom stereocenters. The van der Waals surface area contributed by atoms with Gasteiger partial charge in [-0.1, -0.05) is 69.3 Å². The van der Waals surface area contributed by atoms with Gasteiger partial charge in [0.2, 0.25) is 0 Å². The molecule has 3 rings (SSSR count). The van der Waals surface area contributed by atoms with Crippen molar-refractivity contribution in [3.05, 3.63) is 58.6 Å². The molecule has 1 heterocycles. The average molecular weight is 664 g/mol. The average Bonchev–Trinajstić information content (AvgIpc) is 3.41. The maximum absolute atomic E-state index is 13.2. The van der Waals surface area contributed by atoms with Crippen LogP contribution in [0.4, 0.5) is 0 Å². The number of aliphatic hydroxyl groups excluding tert-OH is 1. The van der Waals surface area contributed by atoms with Gasteiger partial charge in [-0.15, -0.1) is 0 Å².